The number of phenolic OH excluding ortho intramolecular Hbond substituents is 2. The lowest BCUT2D eigenvalue weighted by atomic mass is 10.1. The van der Waals surface area contributed by atoms with Gasteiger partial charge in [-0.1, -0.05) is 42.5 Å². The van der Waals surface area contributed by atoms with E-state index >= 15 is 0 Å². The van der Waals surface area contributed by atoms with Crippen molar-refractivity contribution in [2.45, 2.75) is 6.54 Å². The number of aromatic hydroxyl groups is 2. The van der Waals surface area contributed by atoms with Gasteiger partial charge in [-0.15, -0.1) is 0 Å². The van der Waals surface area contributed by atoms with Crippen molar-refractivity contribution in [3.8, 4) is 17.6 Å². The van der Waals surface area contributed by atoms with Gasteiger partial charge in [0.05, 0.1) is 0 Å². The highest BCUT2D eigenvalue weighted by Crippen LogP contribution is 2.23. The van der Waals surface area contributed by atoms with Crippen LogP contribution in [0.4, 0.5) is 0 Å². The Morgan fingerprint density at radius 3 is 2.62 bits per heavy atom. The number of hydrogen-bond donors (Lipinski definition) is 3. The van der Waals surface area contributed by atoms with E-state index in [-0.39, 0.29) is 17.1 Å². The van der Waals surface area contributed by atoms with E-state index in [1.807, 2.05) is 36.4 Å². The first-order chi connectivity index (χ1) is 11.6. The van der Waals surface area contributed by atoms with Gasteiger partial charge in [-0.2, -0.15) is 5.26 Å². The number of carbonyl (C=O) groups is 1. The van der Waals surface area contributed by atoms with Crippen LogP contribution in [0.1, 0.15) is 11.1 Å². The molecule has 0 saturated heterocycles. The molecule has 2 rings (SSSR count). The number of carbonyl (C=O) groups excluding carboxylic acids is 1. The number of benzene rings is 2. The molecule has 0 aromatic heterocycles. The number of nitriles is 1. The van der Waals surface area contributed by atoms with Crippen LogP contribution in [0.3, 0.4) is 0 Å². The van der Waals surface area contributed by atoms with Crippen molar-refractivity contribution in [1.29, 1.82) is 5.26 Å². The Labute approximate surface area is 139 Å². The molecule has 5 nitrogen and oxygen atoms in total. The molecule has 3 N–H and O–H groups in total. The van der Waals surface area contributed by atoms with Crippen molar-refractivity contribution < 1.29 is 15.0 Å². The minimum Gasteiger partial charge on any atom is -0.508 e. The van der Waals surface area contributed by atoms with Crippen LogP contribution in [-0.4, -0.2) is 16.1 Å². The summed E-state index contributed by atoms with van der Waals surface area (Å²) in [6.07, 6.45) is 4.32. The molecular weight excluding hydrogens is 304 g/mol. The highest BCUT2D eigenvalue weighted by Gasteiger charge is 2.07. The molecule has 2 aromatic carbocycles. The van der Waals surface area contributed by atoms with Crippen LogP contribution in [-0.2, 0) is 11.3 Å². The molecule has 2 aromatic rings. The van der Waals surface area contributed by atoms with Crippen molar-refractivity contribution in [3.05, 3.63) is 77.4 Å². The van der Waals surface area contributed by atoms with E-state index in [4.69, 9.17) is 5.26 Å². The van der Waals surface area contributed by atoms with Gasteiger partial charge in [0, 0.05) is 12.1 Å². The molecule has 5 heteroatoms. The summed E-state index contributed by atoms with van der Waals surface area (Å²) in [7, 11) is 0. The summed E-state index contributed by atoms with van der Waals surface area (Å²) in [5.41, 5.74) is 1.26. The maximum atomic E-state index is 12.0. The lowest BCUT2D eigenvalue weighted by Gasteiger charge is -2.03. The maximum Gasteiger partial charge on any atom is 0.262 e. The van der Waals surface area contributed by atoms with Gasteiger partial charge >= 0.3 is 0 Å². The van der Waals surface area contributed by atoms with Crippen LogP contribution in [0.25, 0.3) is 6.08 Å². The molecule has 0 saturated carbocycles. The normalized spacial score (nSPS) is 11.2. The van der Waals surface area contributed by atoms with Gasteiger partial charge in [0.1, 0.15) is 23.1 Å². The Kier molecular flexibility index (Phi) is 5.76. The van der Waals surface area contributed by atoms with Gasteiger partial charge < -0.3 is 15.5 Å². The summed E-state index contributed by atoms with van der Waals surface area (Å²) >= 11 is 0. The van der Waals surface area contributed by atoms with Gasteiger partial charge in [0.15, 0.2) is 0 Å². The minimum absolute atomic E-state index is 0.00973. The summed E-state index contributed by atoms with van der Waals surface area (Å²) in [6, 6.07) is 15.3. The minimum atomic E-state index is -0.480. The van der Waals surface area contributed by atoms with Gasteiger partial charge in [0.2, 0.25) is 0 Å². The second-order valence-electron chi connectivity index (χ2n) is 4.96. The monoisotopic (exact) mass is 320 g/mol. The quantitative estimate of drug-likeness (QED) is 0.342. The predicted octanol–water partition coefficient (Wildman–Crippen LogP) is 2.88. The van der Waals surface area contributed by atoms with Crippen LogP contribution < -0.4 is 5.32 Å². The van der Waals surface area contributed by atoms with Crippen molar-refractivity contribution >= 4 is 12.0 Å². The van der Waals surface area contributed by atoms with E-state index in [1.54, 1.807) is 0 Å². The molecule has 0 unspecified atom stereocenters. The lowest BCUT2D eigenvalue weighted by Crippen LogP contribution is -2.23. The standard InChI is InChI=1S/C19H16N2O3/c20-12-16(19(24)21-13-14-5-2-1-3-6-14)8-4-7-15-11-17(22)9-10-18(15)23/h1-11,22-23H,13H2,(H,21,24)/b7-4+,16-8+. The SMILES string of the molecule is N#C/C(=C\C=C\c1cc(O)ccc1O)C(=O)NCc1ccccc1. The summed E-state index contributed by atoms with van der Waals surface area (Å²) in [5, 5.41) is 30.8. The first kappa shape index (κ1) is 16.8. The summed E-state index contributed by atoms with van der Waals surface area (Å²) in [6.45, 7) is 0.329. The topological polar surface area (TPSA) is 93.3 Å². The second-order valence-corrected chi connectivity index (χ2v) is 4.96. The fourth-order valence-corrected chi connectivity index (χ4v) is 1.96. The molecule has 0 aliphatic rings. The van der Waals surface area contributed by atoms with E-state index in [9.17, 15) is 15.0 Å². The van der Waals surface area contributed by atoms with E-state index in [0.717, 1.165) is 5.56 Å². The third-order valence-corrected chi connectivity index (χ3v) is 3.21. The fraction of sp³-hybridized carbons (Fsp3) is 0.0526. The van der Waals surface area contributed by atoms with E-state index < -0.39 is 5.91 Å². The third-order valence-electron chi connectivity index (χ3n) is 3.21. The average Bonchev–Trinajstić information content (AvgIpc) is 2.60. The van der Waals surface area contributed by atoms with Crippen molar-refractivity contribution in [2.24, 2.45) is 0 Å². The smallest absolute Gasteiger partial charge is 0.262 e. The Bertz CT molecular complexity index is 818. The first-order valence-electron chi connectivity index (χ1n) is 7.22. The van der Waals surface area contributed by atoms with Crippen molar-refractivity contribution in [1.82, 2.24) is 5.32 Å². The van der Waals surface area contributed by atoms with Gasteiger partial charge in [-0.3, -0.25) is 4.79 Å². The Hall–Kier alpha value is -3.52. The summed E-state index contributed by atoms with van der Waals surface area (Å²) < 4.78 is 0. The highest BCUT2D eigenvalue weighted by molar-refractivity contribution is 5.97. The van der Waals surface area contributed by atoms with Gasteiger partial charge in [-0.25, -0.2) is 0 Å². The van der Waals surface area contributed by atoms with Crippen LogP contribution >= 0.6 is 0 Å². The molecule has 120 valence electrons. The molecule has 1 amide bonds. The average molecular weight is 320 g/mol. The van der Waals surface area contributed by atoms with Gasteiger partial charge in [-0.05, 0) is 29.8 Å². The zero-order chi connectivity index (χ0) is 17.4. The third kappa shape index (κ3) is 4.75. The Morgan fingerprint density at radius 2 is 1.92 bits per heavy atom. The lowest BCUT2D eigenvalue weighted by molar-refractivity contribution is -0.117. The first-order valence-corrected chi connectivity index (χ1v) is 7.22. The molecule has 0 aliphatic carbocycles. The second kappa shape index (κ2) is 8.20. The van der Waals surface area contributed by atoms with Crippen LogP contribution in [0.15, 0.2) is 66.3 Å². The van der Waals surface area contributed by atoms with E-state index in [2.05, 4.69) is 5.32 Å². The van der Waals surface area contributed by atoms with Crippen molar-refractivity contribution in [3.63, 3.8) is 0 Å². The number of amides is 1. The molecule has 0 atom stereocenters. The zero-order valence-electron chi connectivity index (χ0n) is 12.8. The number of hydrogen-bond acceptors (Lipinski definition) is 4. The number of phenols is 2. The molecule has 0 radical (unpaired) electrons. The maximum absolute atomic E-state index is 12.0. The van der Waals surface area contributed by atoms with Crippen LogP contribution in [0.2, 0.25) is 0 Å². The molecule has 0 bridgehead atoms. The summed E-state index contributed by atoms with van der Waals surface area (Å²) in [4.78, 5) is 12.0. The molecule has 0 heterocycles. The molecular formula is C19H16N2O3. The number of allylic oxidation sites excluding steroid dienone is 2. The summed E-state index contributed by atoms with van der Waals surface area (Å²) in [5.74, 6) is -0.479. The fourth-order valence-electron chi connectivity index (χ4n) is 1.96. The molecule has 24 heavy (non-hydrogen) atoms. The Balaban J connectivity index is 2.03. The van der Waals surface area contributed by atoms with E-state index in [0.29, 0.717) is 12.1 Å². The molecule has 0 spiro atoms. The van der Waals surface area contributed by atoms with Crippen LogP contribution in [0, 0.1) is 11.3 Å². The Morgan fingerprint density at radius 1 is 1.17 bits per heavy atom. The van der Waals surface area contributed by atoms with Crippen molar-refractivity contribution in [2.75, 3.05) is 0 Å². The highest BCUT2D eigenvalue weighted by atomic mass is 16.3. The number of nitrogens with one attached hydrogen (secondary N) is 1. The van der Waals surface area contributed by atoms with E-state index in [1.165, 1.54) is 36.4 Å². The molecule has 0 fully saturated rings. The van der Waals surface area contributed by atoms with Gasteiger partial charge in [0.25, 0.3) is 5.91 Å². The number of nitrogens with zero attached hydrogens (tertiary/aromatic N) is 1. The van der Waals surface area contributed by atoms with Crippen LogP contribution in [0.5, 0.6) is 11.5 Å². The largest absolute Gasteiger partial charge is 0.508 e. The number of rotatable bonds is 5. The zero-order valence-corrected chi connectivity index (χ0v) is 12.8. The predicted molar refractivity (Wildman–Crippen MR) is 90.8 cm³/mol. The molecule has 0 aliphatic heterocycles.